The first-order valence-corrected chi connectivity index (χ1v) is 3.03. The Hall–Kier alpha value is -0.730. The summed E-state index contributed by atoms with van der Waals surface area (Å²) in [4.78, 5) is 2.55. The lowest BCUT2D eigenvalue weighted by Gasteiger charge is -2.01. The van der Waals surface area contributed by atoms with E-state index in [2.05, 4.69) is 10.0 Å². The van der Waals surface area contributed by atoms with Crippen LogP contribution < -0.4 is 0 Å². The third-order valence-electron chi connectivity index (χ3n) is 1.50. The first kappa shape index (κ1) is 6.39. The third kappa shape index (κ3) is 1.91. The zero-order valence-electron chi connectivity index (χ0n) is 5.06. The van der Waals surface area contributed by atoms with Crippen LogP contribution in [0.5, 0.6) is 0 Å². The summed E-state index contributed by atoms with van der Waals surface area (Å²) >= 11 is 0. The molecule has 0 aromatic heterocycles. The highest BCUT2D eigenvalue weighted by Crippen LogP contribution is 2.32. The Morgan fingerprint density at radius 1 is 1.78 bits per heavy atom. The van der Waals surface area contributed by atoms with Gasteiger partial charge in [-0.1, -0.05) is 5.11 Å². The highest BCUT2D eigenvalue weighted by Gasteiger charge is 2.28. The van der Waals surface area contributed by atoms with Crippen LogP contribution in [0.3, 0.4) is 0 Å². The summed E-state index contributed by atoms with van der Waals surface area (Å²) in [6.45, 7) is 0.237. The molecule has 0 spiro atoms. The number of aliphatic hydroxyl groups excluding tert-OH is 1. The Balaban J connectivity index is 2.17. The molecule has 0 bridgehead atoms. The molecule has 0 unspecified atom stereocenters. The Morgan fingerprint density at radius 3 is 2.89 bits per heavy atom. The van der Waals surface area contributed by atoms with E-state index in [0.29, 0.717) is 5.92 Å². The van der Waals surface area contributed by atoms with Crippen LogP contribution in [0.2, 0.25) is 0 Å². The second-order valence-corrected chi connectivity index (χ2v) is 2.32. The van der Waals surface area contributed by atoms with Crippen molar-refractivity contribution in [3.05, 3.63) is 10.4 Å². The zero-order valence-corrected chi connectivity index (χ0v) is 5.06. The van der Waals surface area contributed by atoms with Crippen LogP contribution in [0, 0.1) is 5.92 Å². The fourth-order valence-electron chi connectivity index (χ4n) is 0.750. The van der Waals surface area contributed by atoms with E-state index in [0.717, 1.165) is 12.8 Å². The Labute approximate surface area is 53.1 Å². The molecular weight excluding hydrogens is 118 g/mol. The van der Waals surface area contributed by atoms with E-state index in [1.165, 1.54) is 0 Å². The van der Waals surface area contributed by atoms with E-state index in [4.69, 9.17) is 10.6 Å². The number of hydrogen-bond donors (Lipinski definition) is 1. The molecule has 0 heterocycles. The van der Waals surface area contributed by atoms with Gasteiger partial charge in [0.1, 0.15) is 0 Å². The second-order valence-electron chi connectivity index (χ2n) is 2.32. The summed E-state index contributed by atoms with van der Waals surface area (Å²) in [6.07, 6.45) is 1.78. The predicted octanol–water partition coefficient (Wildman–Crippen LogP) is 1.07. The molecular formula is C5H9N3O. The minimum absolute atomic E-state index is 0.237. The summed E-state index contributed by atoms with van der Waals surface area (Å²) in [5.74, 6) is 0.412. The molecule has 1 fully saturated rings. The molecule has 4 nitrogen and oxygen atoms in total. The van der Waals surface area contributed by atoms with Crippen molar-refractivity contribution in [1.82, 2.24) is 0 Å². The van der Waals surface area contributed by atoms with E-state index in [-0.39, 0.29) is 12.6 Å². The monoisotopic (exact) mass is 127 g/mol. The van der Waals surface area contributed by atoms with Gasteiger partial charge < -0.3 is 5.11 Å². The van der Waals surface area contributed by atoms with Crippen molar-refractivity contribution in [2.75, 3.05) is 6.54 Å². The first-order valence-electron chi connectivity index (χ1n) is 3.03. The lowest BCUT2D eigenvalue weighted by atomic mass is 10.2. The van der Waals surface area contributed by atoms with Crippen molar-refractivity contribution in [3.63, 3.8) is 0 Å². The molecule has 9 heavy (non-hydrogen) atoms. The summed E-state index contributed by atoms with van der Waals surface area (Å²) < 4.78 is 0. The SMILES string of the molecule is [N-]=[N+]=NC[C@@H](O)C1CC1. The number of hydrogen-bond acceptors (Lipinski definition) is 2. The van der Waals surface area contributed by atoms with Gasteiger partial charge >= 0.3 is 0 Å². The molecule has 1 saturated carbocycles. The fourth-order valence-corrected chi connectivity index (χ4v) is 0.750. The van der Waals surface area contributed by atoms with Gasteiger partial charge in [0.2, 0.25) is 0 Å². The van der Waals surface area contributed by atoms with Crippen LogP contribution in [-0.4, -0.2) is 17.8 Å². The van der Waals surface area contributed by atoms with Gasteiger partial charge in [-0.15, -0.1) is 0 Å². The van der Waals surface area contributed by atoms with Crippen molar-refractivity contribution < 1.29 is 5.11 Å². The lowest BCUT2D eigenvalue weighted by Crippen LogP contribution is -2.12. The largest absolute Gasteiger partial charge is 0.393 e. The smallest absolute Gasteiger partial charge is 0.0624 e. The van der Waals surface area contributed by atoms with Gasteiger partial charge in [-0.25, -0.2) is 0 Å². The standard InChI is InChI=1S/C5H9N3O/c6-8-7-3-5(9)4-1-2-4/h4-5,9H,1-3H2/t5-/m1/s1. The number of rotatable bonds is 3. The molecule has 50 valence electrons. The van der Waals surface area contributed by atoms with E-state index in [9.17, 15) is 0 Å². The van der Waals surface area contributed by atoms with E-state index in [1.54, 1.807) is 0 Å². The normalized spacial score (nSPS) is 20.6. The predicted molar refractivity (Wildman–Crippen MR) is 32.7 cm³/mol. The van der Waals surface area contributed by atoms with Crippen molar-refractivity contribution in [3.8, 4) is 0 Å². The van der Waals surface area contributed by atoms with Gasteiger partial charge in [0.05, 0.1) is 12.6 Å². The Kier molecular flexibility index (Phi) is 1.92. The van der Waals surface area contributed by atoms with Crippen LogP contribution in [0.25, 0.3) is 10.4 Å². The molecule has 0 aromatic carbocycles. The summed E-state index contributed by atoms with van der Waals surface area (Å²) in [5, 5.41) is 12.3. The summed E-state index contributed by atoms with van der Waals surface area (Å²) in [5.41, 5.74) is 7.86. The van der Waals surface area contributed by atoms with Gasteiger partial charge in [0, 0.05) is 4.91 Å². The van der Waals surface area contributed by atoms with Gasteiger partial charge in [-0.2, -0.15) is 0 Å². The zero-order chi connectivity index (χ0) is 6.69. The van der Waals surface area contributed by atoms with E-state index >= 15 is 0 Å². The Morgan fingerprint density at radius 2 is 2.44 bits per heavy atom. The molecule has 1 N–H and O–H groups in total. The molecule has 1 aliphatic carbocycles. The quantitative estimate of drug-likeness (QED) is 0.344. The number of nitrogens with zero attached hydrogens (tertiary/aromatic N) is 3. The maximum absolute atomic E-state index is 9.06. The minimum atomic E-state index is -0.388. The molecule has 0 aliphatic heterocycles. The number of azide groups is 1. The first-order chi connectivity index (χ1) is 4.34. The van der Waals surface area contributed by atoms with E-state index < -0.39 is 0 Å². The second kappa shape index (κ2) is 2.71. The van der Waals surface area contributed by atoms with Crippen LogP contribution in [-0.2, 0) is 0 Å². The van der Waals surface area contributed by atoms with Crippen molar-refractivity contribution >= 4 is 0 Å². The Bertz CT molecular complexity index is 137. The molecule has 0 aromatic rings. The van der Waals surface area contributed by atoms with Crippen LogP contribution >= 0.6 is 0 Å². The average molecular weight is 127 g/mol. The summed E-state index contributed by atoms with van der Waals surface area (Å²) in [6, 6.07) is 0. The lowest BCUT2D eigenvalue weighted by molar-refractivity contribution is 0.160. The minimum Gasteiger partial charge on any atom is -0.393 e. The molecule has 0 saturated heterocycles. The van der Waals surface area contributed by atoms with Crippen molar-refractivity contribution in [2.24, 2.45) is 11.0 Å². The molecule has 1 aliphatic rings. The van der Waals surface area contributed by atoms with Gasteiger partial charge in [-0.3, -0.25) is 0 Å². The molecule has 0 radical (unpaired) electrons. The van der Waals surface area contributed by atoms with E-state index in [1.807, 2.05) is 0 Å². The third-order valence-corrected chi connectivity index (χ3v) is 1.50. The molecule has 1 atom stereocenters. The average Bonchev–Trinajstić information content (AvgIpc) is 2.63. The van der Waals surface area contributed by atoms with Crippen molar-refractivity contribution in [2.45, 2.75) is 18.9 Å². The topological polar surface area (TPSA) is 69.0 Å². The highest BCUT2D eigenvalue weighted by molar-refractivity contribution is 4.81. The molecule has 0 amide bonds. The number of aliphatic hydroxyl groups is 1. The van der Waals surface area contributed by atoms with Crippen LogP contribution in [0.1, 0.15) is 12.8 Å². The fraction of sp³-hybridized carbons (Fsp3) is 1.00. The molecule has 4 heteroatoms. The van der Waals surface area contributed by atoms with Gasteiger partial charge in [0.15, 0.2) is 0 Å². The van der Waals surface area contributed by atoms with Crippen molar-refractivity contribution in [1.29, 1.82) is 0 Å². The van der Waals surface area contributed by atoms with Crippen LogP contribution in [0.15, 0.2) is 5.11 Å². The van der Waals surface area contributed by atoms with Gasteiger partial charge in [-0.05, 0) is 24.3 Å². The summed E-state index contributed by atoms with van der Waals surface area (Å²) in [7, 11) is 0. The molecule has 1 rings (SSSR count). The maximum atomic E-state index is 9.06. The maximum Gasteiger partial charge on any atom is 0.0624 e. The van der Waals surface area contributed by atoms with Crippen LogP contribution in [0.4, 0.5) is 0 Å². The van der Waals surface area contributed by atoms with Gasteiger partial charge in [0.25, 0.3) is 0 Å². The highest BCUT2D eigenvalue weighted by atomic mass is 16.3.